The lowest BCUT2D eigenvalue weighted by Gasteiger charge is -2.32. The van der Waals surface area contributed by atoms with Gasteiger partial charge in [0, 0.05) is 28.0 Å². The van der Waals surface area contributed by atoms with Crippen LogP contribution in [0.15, 0.2) is 81.7 Å². The molecular formula is C29H29Br2ClN2O3. The molecule has 1 atom stereocenters. The number of ether oxygens (including phenoxy) is 1. The Hall–Kier alpha value is -2.35. The van der Waals surface area contributed by atoms with Crippen molar-refractivity contribution in [2.45, 2.75) is 50.7 Å². The highest BCUT2D eigenvalue weighted by Crippen LogP contribution is 2.28. The number of nitrogens with zero attached hydrogens (tertiary/aromatic N) is 1. The monoisotopic (exact) mass is 646 g/mol. The third-order valence-corrected chi connectivity index (χ3v) is 7.80. The van der Waals surface area contributed by atoms with Crippen LogP contribution >= 0.6 is 43.5 Å². The highest BCUT2D eigenvalue weighted by molar-refractivity contribution is 9.10. The average Bonchev–Trinajstić information content (AvgIpc) is 3.40. The number of hydrogen-bond acceptors (Lipinski definition) is 3. The van der Waals surface area contributed by atoms with Crippen molar-refractivity contribution >= 4 is 55.3 Å². The van der Waals surface area contributed by atoms with E-state index in [0.29, 0.717) is 17.2 Å². The van der Waals surface area contributed by atoms with E-state index in [0.717, 1.165) is 45.8 Å². The molecule has 1 saturated carbocycles. The zero-order valence-corrected chi connectivity index (χ0v) is 24.3. The molecule has 0 spiro atoms. The van der Waals surface area contributed by atoms with Gasteiger partial charge in [0.05, 0.1) is 5.02 Å². The predicted molar refractivity (Wildman–Crippen MR) is 154 cm³/mol. The molecule has 0 aromatic heterocycles. The molecule has 3 aromatic rings. The molecule has 0 heterocycles. The minimum atomic E-state index is -0.692. The van der Waals surface area contributed by atoms with Gasteiger partial charge in [-0.25, -0.2) is 0 Å². The number of carbonyl (C=O) groups is 2. The van der Waals surface area contributed by atoms with Gasteiger partial charge in [0.25, 0.3) is 5.91 Å². The molecule has 1 aliphatic rings. The first-order valence-electron chi connectivity index (χ1n) is 12.3. The van der Waals surface area contributed by atoms with E-state index >= 15 is 0 Å². The first-order chi connectivity index (χ1) is 17.9. The summed E-state index contributed by atoms with van der Waals surface area (Å²) < 4.78 is 7.59. The maximum atomic E-state index is 13.7. The molecular weight excluding hydrogens is 620 g/mol. The normalized spacial score (nSPS) is 14.2. The molecule has 3 aromatic carbocycles. The second kappa shape index (κ2) is 13.4. The summed E-state index contributed by atoms with van der Waals surface area (Å²) >= 11 is 13.2. The summed E-state index contributed by atoms with van der Waals surface area (Å²) in [4.78, 5) is 29.0. The number of carbonyl (C=O) groups excluding carboxylic acids is 2. The third kappa shape index (κ3) is 8.06. The summed E-state index contributed by atoms with van der Waals surface area (Å²) in [5, 5.41) is 3.62. The van der Waals surface area contributed by atoms with Gasteiger partial charge in [-0.2, -0.15) is 0 Å². The molecule has 1 aliphatic carbocycles. The summed E-state index contributed by atoms with van der Waals surface area (Å²) in [6, 6.07) is 22.3. The van der Waals surface area contributed by atoms with Gasteiger partial charge < -0.3 is 15.0 Å². The van der Waals surface area contributed by atoms with Crippen LogP contribution in [-0.2, 0) is 22.6 Å². The summed E-state index contributed by atoms with van der Waals surface area (Å²) in [7, 11) is 0. The van der Waals surface area contributed by atoms with Crippen molar-refractivity contribution in [2.75, 3.05) is 6.61 Å². The minimum absolute atomic E-state index is 0.136. The van der Waals surface area contributed by atoms with E-state index in [1.165, 1.54) is 0 Å². The van der Waals surface area contributed by atoms with Crippen LogP contribution in [0, 0.1) is 0 Å². The van der Waals surface area contributed by atoms with E-state index in [1.54, 1.807) is 23.1 Å². The van der Waals surface area contributed by atoms with Crippen molar-refractivity contribution in [1.82, 2.24) is 10.2 Å². The fourth-order valence-corrected chi connectivity index (χ4v) is 5.51. The van der Waals surface area contributed by atoms with Crippen molar-refractivity contribution in [3.05, 3.63) is 97.9 Å². The molecule has 0 radical (unpaired) electrons. The molecule has 8 heteroatoms. The van der Waals surface area contributed by atoms with Crippen LogP contribution in [0.25, 0.3) is 0 Å². The number of rotatable bonds is 10. The molecule has 5 nitrogen and oxygen atoms in total. The lowest BCUT2D eigenvalue weighted by Crippen LogP contribution is -2.53. The van der Waals surface area contributed by atoms with Gasteiger partial charge in [0.1, 0.15) is 11.8 Å². The second-order valence-corrected chi connectivity index (χ2v) is 11.4. The van der Waals surface area contributed by atoms with Gasteiger partial charge in [-0.1, -0.05) is 98.8 Å². The summed E-state index contributed by atoms with van der Waals surface area (Å²) in [5.74, 6) is -0.0101. The Kier molecular flexibility index (Phi) is 10.1. The first-order valence-corrected chi connectivity index (χ1v) is 14.3. The number of nitrogens with one attached hydrogen (secondary N) is 1. The van der Waals surface area contributed by atoms with E-state index in [4.69, 9.17) is 16.3 Å². The molecule has 0 bridgehead atoms. The summed E-state index contributed by atoms with van der Waals surface area (Å²) in [6.45, 7) is 0.0407. The van der Waals surface area contributed by atoms with E-state index < -0.39 is 6.04 Å². The predicted octanol–water partition coefficient (Wildman–Crippen LogP) is 6.94. The van der Waals surface area contributed by atoms with Crippen LogP contribution < -0.4 is 10.1 Å². The molecule has 0 saturated heterocycles. The fourth-order valence-electron chi connectivity index (χ4n) is 4.52. The lowest BCUT2D eigenvalue weighted by atomic mass is 10.0. The molecule has 1 unspecified atom stereocenters. The molecule has 4 rings (SSSR count). The number of benzene rings is 3. The maximum absolute atomic E-state index is 13.7. The van der Waals surface area contributed by atoms with E-state index in [-0.39, 0.29) is 31.0 Å². The Morgan fingerprint density at radius 2 is 1.62 bits per heavy atom. The standard InChI is InChI=1S/C29H29Br2ClN2O3/c30-22-12-10-21(11-13-22)18-34(28(35)19-37-27-15-14-23(31)17-25(27)32)26(16-20-6-2-1-3-7-20)29(36)33-24-8-4-5-9-24/h1-3,6-7,10-15,17,24,26H,4-5,8-9,16,18-19H2,(H,33,36). The average molecular weight is 649 g/mol. The second-order valence-electron chi connectivity index (χ2n) is 9.21. The van der Waals surface area contributed by atoms with E-state index in [9.17, 15) is 9.59 Å². The molecule has 1 fully saturated rings. The van der Waals surface area contributed by atoms with Gasteiger partial charge in [0.15, 0.2) is 6.61 Å². The van der Waals surface area contributed by atoms with Crippen molar-refractivity contribution in [3.8, 4) is 5.75 Å². The molecule has 0 aliphatic heterocycles. The van der Waals surface area contributed by atoms with Crippen molar-refractivity contribution in [1.29, 1.82) is 0 Å². The topological polar surface area (TPSA) is 58.6 Å². The minimum Gasteiger partial charge on any atom is -0.482 e. The fraction of sp³-hybridized carbons (Fsp3) is 0.310. The van der Waals surface area contributed by atoms with E-state index in [2.05, 4.69) is 37.2 Å². The highest BCUT2D eigenvalue weighted by Gasteiger charge is 2.32. The Labute approximate surface area is 239 Å². The summed E-state index contributed by atoms with van der Waals surface area (Å²) in [6.07, 6.45) is 4.56. The molecule has 2 amide bonds. The van der Waals surface area contributed by atoms with Crippen LogP contribution in [0.5, 0.6) is 5.75 Å². The van der Waals surface area contributed by atoms with Gasteiger partial charge in [-0.3, -0.25) is 9.59 Å². The van der Waals surface area contributed by atoms with Gasteiger partial charge >= 0.3 is 0 Å². The Balaban J connectivity index is 1.61. The zero-order valence-electron chi connectivity index (χ0n) is 20.3. The largest absolute Gasteiger partial charge is 0.482 e. The number of amides is 2. The SMILES string of the molecule is O=C(NC1CCCC1)C(Cc1ccccc1)N(Cc1ccc(Br)cc1)C(=O)COc1ccc(Br)cc1Cl. The van der Waals surface area contributed by atoms with Gasteiger partial charge in [-0.05, 0) is 54.3 Å². The number of halogens is 3. The number of hydrogen-bond donors (Lipinski definition) is 1. The first kappa shape index (κ1) is 27.7. The quantitative estimate of drug-likeness (QED) is 0.259. The molecule has 1 N–H and O–H groups in total. The van der Waals surface area contributed by atoms with E-state index in [1.807, 2.05) is 54.6 Å². The Morgan fingerprint density at radius 1 is 0.946 bits per heavy atom. The van der Waals surface area contributed by atoms with Gasteiger partial charge in [-0.15, -0.1) is 0 Å². The van der Waals surface area contributed by atoms with Gasteiger partial charge in [0.2, 0.25) is 5.91 Å². The zero-order chi connectivity index (χ0) is 26.2. The maximum Gasteiger partial charge on any atom is 0.261 e. The smallest absolute Gasteiger partial charge is 0.261 e. The van der Waals surface area contributed by atoms with Crippen molar-refractivity contribution < 1.29 is 14.3 Å². The molecule has 37 heavy (non-hydrogen) atoms. The lowest BCUT2D eigenvalue weighted by molar-refractivity contribution is -0.143. The van der Waals surface area contributed by atoms with Crippen molar-refractivity contribution in [2.24, 2.45) is 0 Å². The van der Waals surface area contributed by atoms with Crippen molar-refractivity contribution in [3.63, 3.8) is 0 Å². The molecule has 194 valence electrons. The third-order valence-electron chi connectivity index (χ3n) is 6.48. The Morgan fingerprint density at radius 3 is 2.30 bits per heavy atom. The van der Waals surface area contributed by atoms with Crippen LogP contribution in [0.4, 0.5) is 0 Å². The highest BCUT2D eigenvalue weighted by atomic mass is 79.9. The van der Waals surface area contributed by atoms with Crippen LogP contribution in [0.1, 0.15) is 36.8 Å². The van der Waals surface area contributed by atoms with Crippen LogP contribution in [0.2, 0.25) is 5.02 Å². The van der Waals surface area contributed by atoms with Crippen LogP contribution in [-0.4, -0.2) is 35.4 Å². The Bertz CT molecular complexity index is 1200. The summed E-state index contributed by atoms with van der Waals surface area (Å²) in [5.41, 5.74) is 1.91. The van der Waals surface area contributed by atoms with Crippen LogP contribution in [0.3, 0.4) is 0 Å².